The number of amides is 2. The quantitative estimate of drug-likeness (QED) is 0.273. The summed E-state index contributed by atoms with van der Waals surface area (Å²) in [5.41, 5.74) is 7.55. The van der Waals surface area contributed by atoms with Gasteiger partial charge >= 0.3 is 0 Å². The largest absolute Gasteiger partial charge is 0.396 e. The number of carbonyl (C=O) groups is 2. The fourth-order valence-electron chi connectivity index (χ4n) is 4.00. The number of halogens is 1. The standard InChI is InChI=1S/C27H25ClN6O4/c28-20-10-9-17(21-7-4-8-23(29)31-21)11-19(20)25(36)32-24-12-22(33-34(24)18-5-2-1-3-6-18)26(37)30-13-27(14-35)15-38-16-27/h1-12,35H,13-16H2,(H2,29,31)(H,30,37)(H,32,36). The van der Waals surface area contributed by atoms with Gasteiger partial charge in [0, 0.05) is 18.2 Å². The van der Waals surface area contributed by atoms with Gasteiger partial charge in [-0.3, -0.25) is 9.59 Å². The lowest BCUT2D eigenvalue weighted by atomic mass is 9.87. The molecule has 0 saturated carbocycles. The molecule has 0 radical (unpaired) electrons. The van der Waals surface area contributed by atoms with Crippen molar-refractivity contribution in [2.45, 2.75) is 0 Å². The lowest BCUT2D eigenvalue weighted by Crippen LogP contribution is -2.53. The Balaban J connectivity index is 1.43. The Morgan fingerprint density at radius 1 is 1.05 bits per heavy atom. The van der Waals surface area contributed by atoms with Crippen LogP contribution in [0, 0.1) is 5.41 Å². The van der Waals surface area contributed by atoms with Crippen molar-refractivity contribution in [1.82, 2.24) is 20.1 Å². The van der Waals surface area contributed by atoms with Gasteiger partial charge in [-0.2, -0.15) is 5.10 Å². The van der Waals surface area contributed by atoms with Gasteiger partial charge in [0.1, 0.15) is 11.6 Å². The van der Waals surface area contributed by atoms with Crippen molar-refractivity contribution in [1.29, 1.82) is 0 Å². The van der Waals surface area contributed by atoms with Gasteiger partial charge in [0.15, 0.2) is 5.69 Å². The highest BCUT2D eigenvalue weighted by Gasteiger charge is 2.38. The van der Waals surface area contributed by atoms with Crippen molar-refractivity contribution in [3.8, 4) is 16.9 Å². The first-order valence-electron chi connectivity index (χ1n) is 11.8. The van der Waals surface area contributed by atoms with Crippen molar-refractivity contribution >= 4 is 35.1 Å². The third-order valence-corrected chi connectivity index (χ3v) is 6.57. The average molecular weight is 533 g/mol. The van der Waals surface area contributed by atoms with E-state index in [9.17, 15) is 14.7 Å². The number of aromatic nitrogens is 3. The van der Waals surface area contributed by atoms with Crippen molar-refractivity contribution in [3.05, 3.63) is 89.1 Å². The summed E-state index contributed by atoms with van der Waals surface area (Å²) >= 11 is 6.38. The summed E-state index contributed by atoms with van der Waals surface area (Å²) in [5, 5.41) is 19.9. The zero-order valence-electron chi connectivity index (χ0n) is 20.2. The molecular weight excluding hydrogens is 508 g/mol. The maximum Gasteiger partial charge on any atom is 0.271 e. The van der Waals surface area contributed by atoms with Crippen molar-refractivity contribution in [2.24, 2.45) is 5.41 Å². The molecule has 5 N–H and O–H groups in total. The second kappa shape index (κ2) is 10.6. The summed E-state index contributed by atoms with van der Waals surface area (Å²) in [4.78, 5) is 30.6. The molecule has 1 saturated heterocycles. The van der Waals surface area contributed by atoms with Crippen LogP contribution in [0.2, 0.25) is 5.02 Å². The predicted octanol–water partition coefficient (Wildman–Crippen LogP) is 3.16. The van der Waals surface area contributed by atoms with Crippen LogP contribution in [0.25, 0.3) is 16.9 Å². The molecule has 0 aliphatic carbocycles. The van der Waals surface area contributed by atoms with E-state index in [4.69, 9.17) is 22.1 Å². The molecule has 0 unspecified atom stereocenters. The van der Waals surface area contributed by atoms with Crippen LogP contribution >= 0.6 is 11.6 Å². The number of ether oxygens (including phenoxy) is 1. The Morgan fingerprint density at radius 2 is 1.84 bits per heavy atom. The minimum atomic E-state index is -0.491. The topological polar surface area (TPSA) is 144 Å². The molecular formula is C27H25ClN6O4. The number of aliphatic hydroxyl groups is 1. The number of nitrogens with two attached hydrogens (primary N) is 1. The fourth-order valence-corrected chi connectivity index (χ4v) is 4.20. The average Bonchev–Trinajstić information content (AvgIpc) is 3.32. The summed E-state index contributed by atoms with van der Waals surface area (Å²) in [6.07, 6.45) is 0. The SMILES string of the molecule is Nc1cccc(-c2ccc(Cl)c(C(=O)Nc3cc(C(=O)NCC4(CO)COC4)nn3-c3ccccc3)c2)n1. The number of pyridine rings is 1. The molecule has 4 aromatic rings. The molecule has 38 heavy (non-hydrogen) atoms. The highest BCUT2D eigenvalue weighted by atomic mass is 35.5. The molecule has 1 aliphatic heterocycles. The molecule has 2 amide bonds. The van der Waals surface area contributed by atoms with Gasteiger partial charge < -0.3 is 26.2 Å². The molecule has 0 bridgehead atoms. The molecule has 10 nitrogen and oxygen atoms in total. The van der Waals surface area contributed by atoms with E-state index in [0.717, 1.165) is 0 Å². The van der Waals surface area contributed by atoms with E-state index in [-0.39, 0.29) is 35.2 Å². The molecule has 2 aromatic heterocycles. The van der Waals surface area contributed by atoms with E-state index in [1.54, 1.807) is 48.5 Å². The van der Waals surface area contributed by atoms with Crippen LogP contribution in [0.15, 0.2) is 72.8 Å². The van der Waals surface area contributed by atoms with Crippen molar-refractivity contribution in [3.63, 3.8) is 0 Å². The lowest BCUT2D eigenvalue weighted by molar-refractivity contribution is -0.133. The monoisotopic (exact) mass is 532 g/mol. The lowest BCUT2D eigenvalue weighted by Gasteiger charge is -2.39. The molecule has 194 valence electrons. The van der Waals surface area contributed by atoms with Crippen LogP contribution < -0.4 is 16.4 Å². The highest BCUT2D eigenvalue weighted by Crippen LogP contribution is 2.27. The number of benzene rings is 2. The Hall–Kier alpha value is -4.25. The second-order valence-electron chi connectivity index (χ2n) is 9.09. The molecule has 2 aromatic carbocycles. The van der Waals surface area contributed by atoms with Crippen LogP contribution in [-0.4, -0.2) is 58.1 Å². The molecule has 11 heteroatoms. The van der Waals surface area contributed by atoms with E-state index < -0.39 is 17.2 Å². The van der Waals surface area contributed by atoms with Gasteiger partial charge in [-0.1, -0.05) is 41.9 Å². The van der Waals surface area contributed by atoms with Gasteiger partial charge in [0.05, 0.1) is 47.2 Å². The molecule has 1 fully saturated rings. The number of carbonyl (C=O) groups excluding carboxylic acids is 2. The first-order chi connectivity index (χ1) is 18.4. The summed E-state index contributed by atoms with van der Waals surface area (Å²) < 4.78 is 6.66. The van der Waals surface area contributed by atoms with Gasteiger partial charge in [-0.25, -0.2) is 9.67 Å². The summed E-state index contributed by atoms with van der Waals surface area (Å²) in [5.74, 6) is -0.298. The minimum Gasteiger partial charge on any atom is -0.396 e. The van der Waals surface area contributed by atoms with Crippen LogP contribution in [-0.2, 0) is 4.74 Å². The minimum absolute atomic E-state index is 0.0984. The molecule has 3 heterocycles. The maximum atomic E-state index is 13.4. The summed E-state index contributed by atoms with van der Waals surface area (Å²) in [7, 11) is 0. The highest BCUT2D eigenvalue weighted by molar-refractivity contribution is 6.34. The van der Waals surface area contributed by atoms with Gasteiger partial charge in [0.2, 0.25) is 0 Å². The smallest absolute Gasteiger partial charge is 0.271 e. The first-order valence-corrected chi connectivity index (χ1v) is 12.2. The molecule has 0 atom stereocenters. The Labute approximate surface area is 223 Å². The zero-order valence-corrected chi connectivity index (χ0v) is 21.0. The molecule has 5 rings (SSSR count). The van der Waals surface area contributed by atoms with Crippen LogP contribution in [0.1, 0.15) is 20.8 Å². The Kier molecular flexibility index (Phi) is 7.10. The van der Waals surface area contributed by atoms with Crippen molar-refractivity contribution in [2.75, 3.05) is 37.4 Å². The Bertz CT molecular complexity index is 1480. The van der Waals surface area contributed by atoms with Crippen LogP contribution in [0.4, 0.5) is 11.6 Å². The number of hydrogen-bond donors (Lipinski definition) is 4. The first kappa shape index (κ1) is 25.4. The third kappa shape index (κ3) is 5.23. The van der Waals surface area contributed by atoms with E-state index >= 15 is 0 Å². The number of nitrogens with zero attached hydrogens (tertiary/aromatic N) is 3. The number of aliphatic hydroxyl groups excluding tert-OH is 1. The van der Waals surface area contributed by atoms with Crippen LogP contribution in [0.5, 0.6) is 0 Å². The van der Waals surface area contributed by atoms with Gasteiger partial charge in [0.25, 0.3) is 11.8 Å². The van der Waals surface area contributed by atoms with E-state index in [1.165, 1.54) is 10.7 Å². The number of hydrogen-bond acceptors (Lipinski definition) is 7. The number of nitrogens with one attached hydrogen (secondary N) is 2. The fraction of sp³-hybridized carbons (Fsp3) is 0.185. The third-order valence-electron chi connectivity index (χ3n) is 6.24. The number of anilines is 2. The number of para-hydroxylation sites is 1. The molecule has 1 aliphatic rings. The summed E-state index contributed by atoms with van der Waals surface area (Å²) in [6, 6.07) is 20.8. The van der Waals surface area contributed by atoms with Crippen molar-refractivity contribution < 1.29 is 19.4 Å². The van der Waals surface area contributed by atoms with Crippen LogP contribution in [0.3, 0.4) is 0 Å². The second-order valence-corrected chi connectivity index (χ2v) is 9.50. The van der Waals surface area contributed by atoms with E-state index in [0.29, 0.717) is 36.0 Å². The number of rotatable bonds is 8. The van der Waals surface area contributed by atoms with E-state index in [1.807, 2.05) is 18.2 Å². The van der Waals surface area contributed by atoms with Gasteiger partial charge in [-0.15, -0.1) is 0 Å². The van der Waals surface area contributed by atoms with E-state index in [2.05, 4.69) is 20.7 Å². The van der Waals surface area contributed by atoms with Gasteiger partial charge in [-0.05, 0) is 36.4 Å². The predicted molar refractivity (Wildman–Crippen MR) is 143 cm³/mol. The Morgan fingerprint density at radius 3 is 2.53 bits per heavy atom. The maximum absolute atomic E-state index is 13.4. The molecule has 0 spiro atoms. The normalized spacial score (nSPS) is 13.9. The number of nitrogen functional groups attached to an aromatic ring is 1. The zero-order chi connectivity index (χ0) is 26.7. The summed E-state index contributed by atoms with van der Waals surface area (Å²) in [6.45, 7) is 0.879.